The molecule has 0 spiro atoms. The van der Waals surface area contributed by atoms with Crippen LogP contribution in [0.3, 0.4) is 0 Å². The van der Waals surface area contributed by atoms with Gasteiger partial charge in [-0.3, -0.25) is 4.79 Å². The lowest BCUT2D eigenvalue weighted by Gasteiger charge is -2.12. The molecule has 0 aliphatic carbocycles. The van der Waals surface area contributed by atoms with Gasteiger partial charge in [-0.25, -0.2) is 14.1 Å². The molecule has 2 heterocycles. The molecule has 0 unspecified atom stereocenters. The Balaban J connectivity index is 1.56. The summed E-state index contributed by atoms with van der Waals surface area (Å²) in [6.07, 6.45) is -4.93. The Morgan fingerprint density at radius 1 is 1.13 bits per heavy atom. The number of benzene rings is 2. The maximum Gasteiger partial charge on any atom is 0.435 e. The maximum absolute atomic E-state index is 13.7. The number of alkyl halides is 3. The second-order valence-electron chi connectivity index (χ2n) is 6.73. The fourth-order valence-corrected chi connectivity index (χ4v) is 3.32. The van der Waals surface area contributed by atoms with E-state index in [0.717, 1.165) is 23.2 Å². The summed E-state index contributed by atoms with van der Waals surface area (Å²) < 4.78 is 56.7. The molecule has 7 nitrogen and oxygen atoms in total. The molecule has 4 rings (SSSR count). The minimum Gasteiger partial charge on any atom is -0.349 e. The Morgan fingerprint density at radius 2 is 1.90 bits per heavy atom. The van der Waals surface area contributed by atoms with Gasteiger partial charge in [-0.05, 0) is 37.3 Å². The summed E-state index contributed by atoms with van der Waals surface area (Å²) in [5.74, 6) is -1.06. The van der Waals surface area contributed by atoms with Crippen molar-refractivity contribution in [2.45, 2.75) is 19.6 Å². The fourth-order valence-electron chi connectivity index (χ4n) is 3.32. The molecule has 0 saturated carbocycles. The highest BCUT2D eigenvalue weighted by atomic mass is 19.4. The summed E-state index contributed by atoms with van der Waals surface area (Å²) >= 11 is 0. The third kappa shape index (κ3) is 3.98. The maximum atomic E-state index is 13.7. The lowest BCUT2D eigenvalue weighted by Crippen LogP contribution is -2.30. The number of nitrogens with zero attached hydrogens (tertiary/aromatic N) is 5. The summed E-state index contributed by atoms with van der Waals surface area (Å²) in [5.41, 5.74) is -0.825. The molecule has 0 radical (unpaired) electrons. The number of aryl methyl sites for hydroxylation is 1. The average Bonchev–Trinajstić information content (AvgIpc) is 3.30. The minimum atomic E-state index is -4.93. The van der Waals surface area contributed by atoms with E-state index >= 15 is 0 Å². The monoisotopic (exact) mass is 432 g/mol. The van der Waals surface area contributed by atoms with Crippen LogP contribution in [0.15, 0.2) is 48.5 Å². The molecular weight excluding hydrogens is 416 g/mol. The van der Waals surface area contributed by atoms with E-state index in [1.165, 1.54) is 12.1 Å². The van der Waals surface area contributed by atoms with Gasteiger partial charge in [-0.1, -0.05) is 23.4 Å². The quantitative estimate of drug-likeness (QED) is 0.490. The zero-order valence-corrected chi connectivity index (χ0v) is 16.2. The van der Waals surface area contributed by atoms with Crippen LogP contribution in [-0.2, 0) is 12.7 Å². The van der Waals surface area contributed by atoms with E-state index in [1.807, 2.05) is 28.8 Å². The first-order valence-electron chi connectivity index (χ1n) is 9.24. The lowest BCUT2D eigenvalue weighted by atomic mass is 10.2. The predicted octanol–water partition coefficient (Wildman–Crippen LogP) is 3.51. The predicted molar refractivity (Wildman–Crippen MR) is 103 cm³/mol. The second kappa shape index (κ2) is 7.82. The van der Waals surface area contributed by atoms with Crippen molar-refractivity contribution < 1.29 is 22.4 Å². The standard InChI is InChI=1S/C20H16F4N6O/c1-12-26-15-7-2-3-8-16(15)29(12)10-9-25-19(31)17-18(20(22,23)24)30(28-27-17)14-6-4-5-13(21)11-14/h2-8,11H,9-10H2,1H3,(H,25,31). The van der Waals surface area contributed by atoms with Crippen molar-refractivity contribution in [3.63, 3.8) is 0 Å². The second-order valence-corrected chi connectivity index (χ2v) is 6.73. The molecule has 0 aliphatic rings. The zero-order valence-electron chi connectivity index (χ0n) is 16.2. The first-order chi connectivity index (χ1) is 14.8. The van der Waals surface area contributed by atoms with E-state index in [0.29, 0.717) is 17.1 Å². The van der Waals surface area contributed by atoms with Crippen LogP contribution >= 0.6 is 0 Å². The number of imidazole rings is 1. The molecule has 0 fully saturated rings. The summed E-state index contributed by atoms with van der Waals surface area (Å²) in [4.78, 5) is 16.9. The van der Waals surface area contributed by atoms with Crippen molar-refractivity contribution in [2.24, 2.45) is 0 Å². The van der Waals surface area contributed by atoms with Gasteiger partial charge in [0.15, 0.2) is 11.4 Å². The van der Waals surface area contributed by atoms with E-state index in [1.54, 1.807) is 6.92 Å². The normalized spacial score (nSPS) is 11.8. The molecule has 1 N–H and O–H groups in total. The van der Waals surface area contributed by atoms with Crippen LogP contribution < -0.4 is 5.32 Å². The largest absolute Gasteiger partial charge is 0.435 e. The smallest absolute Gasteiger partial charge is 0.349 e. The molecule has 1 amide bonds. The number of nitrogens with one attached hydrogen (secondary N) is 1. The van der Waals surface area contributed by atoms with Crippen molar-refractivity contribution in [3.8, 4) is 5.69 Å². The molecule has 160 valence electrons. The molecule has 0 atom stereocenters. The van der Waals surface area contributed by atoms with Gasteiger partial charge in [0.25, 0.3) is 5.91 Å². The van der Waals surface area contributed by atoms with Gasteiger partial charge in [0, 0.05) is 13.1 Å². The highest BCUT2D eigenvalue weighted by molar-refractivity contribution is 5.93. The van der Waals surface area contributed by atoms with Crippen LogP contribution in [-0.4, -0.2) is 37.0 Å². The Bertz CT molecular complexity index is 1260. The molecule has 0 aliphatic heterocycles. The molecule has 11 heteroatoms. The topological polar surface area (TPSA) is 77.6 Å². The van der Waals surface area contributed by atoms with Crippen molar-refractivity contribution >= 4 is 16.9 Å². The Hall–Kier alpha value is -3.76. The number of amides is 1. The van der Waals surface area contributed by atoms with Gasteiger partial charge >= 0.3 is 6.18 Å². The van der Waals surface area contributed by atoms with E-state index in [2.05, 4.69) is 20.6 Å². The van der Waals surface area contributed by atoms with Crippen LogP contribution in [0, 0.1) is 12.7 Å². The molecule has 2 aromatic heterocycles. The van der Waals surface area contributed by atoms with E-state index in [-0.39, 0.29) is 12.2 Å². The van der Waals surface area contributed by atoms with Gasteiger partial charge < -0.3 is 9.88 Å². The fraction of sp³-hybridized carbons (Fsp3) is 0.200. The molecule has 31 heavy (non-hydrogen) atoms. The first-order valence-corrected chi connectivity index (χ1v) is 9.24. The highest BCUT2D eigenvalue weighted by Crippen LogP contribution is 2.32. The van der Waals surface area contributed by atoms with E-state index < -0.39 is 29.3 Å². The van der Waals surface area contributed by atoms with Crippen LogP contribution in [0.4, 0.5) is 17.6 Å². The number of halogens is 4. The molecule has 2 aromatic carbocycles. The summed E-state index contributed by atoms with van der Waals surface area (Å²) in [6, 6.07) is 11.8. The van der Waals surface area contributed by atoms with Gasteiger partial charge in [-0.15, -0.1) is 5.10 Å². The third-order valence-corrected chi connectivity index (χ3v) is 4.67. The SMILES string of the molecule is Cc1nc2ccccc2n1CCNC(=O)c1nnn(-c2cccc(F)c2)c1C(F)(F)F. The van der Waals surface area contributed by atoms with Crippen LogP contribution in [0.1, 0.15) is 22.0 Å². The molecular formula is C20H16F4N6O. The Kier molecular flexibility index (Phi) is 5.17. The summed E-state index contributed by atoms with van der Waals surface area (Å²) in [7, 11) is 0. The number of para-hydroxylation sites is 2. The number of aromatic nitrogens is 5. The minimum absolute atomic E-state index is 0.0458. The van der Waals surface area contributed by atoms with Crippen molar-refractivity contribution in [2.75, 3.05) is 6.54 Å². The van der Waals surface area contributed by atoms with Gasteiger partial charge in [0.05, 0.1) is 16.7 Å². The molecule has 0 bridgehead atoms. The van der Waals surface area contributed by atoms with Crippen molar-refractivity contribution in [1.29, 1.82) is 0 Å². The summed E-state index contributed by atoms with van der Waals surface area (Å²) in [6.45, 7) is 2.15. The third-order valence-electron chi connectivity index (χ3n) is 4.67. The van der Waals surface area contributed by atoms with Gasteiger partial charge in [-0.2, -0.15) is 13.2 Å². The summed E-state index contributed by atoms with van der Waals surface area (Å²) in [5, 5.41) is 9.28. The lowest BCUT2D eigenvalue weighted by molar-refractivity contribution is -0.143. The van der Waals surface area contributed by atoms with Crippen LogP contribution in [0.5, 0.6) is 0 Å². The Labute approximate surface area is 173 Å². The van der Waals surface area contributed by atoms with Crippen LogP contribution in [0.2, 0.25) is 0 Å². The molecule has 0 saturated heterocycles. The molecule has 4 aromatic rings. The number of carbonyl (C=O) groups excluding carboxylic acids is 1. The zero-order chi connectivity index (χ0) is 22.2. The van der Waals surface area contributed by atoms with E-state index in [9.17, 15) is 22.4 Å². The van der Waals surface area contributed by atoms with Crippen LogP contribution in [0.25, 0.3) is 16.7 Å². The number of hydrogen-bond acceptors (Lipinski definition) is 4. The van der Waals surface area contributed by atoms with Gasteiger partial charge in [0.2, 0.25) is 0 Å². The first kappa shape index (κ1) is 20.5. The number of fused-ring (bicyclic) bond motifs is 1. The number of hydrogen-bond donors (Lipinski definition) is 1. The van der Waals surface area contributed by atoms with E-state index in [4.69, 9.17) is 0 Å². The van der Waals surface area contributed by atoms with Crippen molar-refractivity contribution in [3.05, 3.63) is 71.6 Å². The number of rotatable bonds is 5. The van der Waals surface area contributed by atoms with Crippen molar-refractivity contribution in [1.82, 2.24) is 29.9 Å². The highest BCUT2D eigenvalue weighted by Gasteiger charge is 2.42. The van der Waals surface area contributed by atoms with Gasteiger partial charge in [0.1, 0.15) is 11.6 Å². The Morgan fingerprint density at radius 3 is 2.65 bits per heavy atom. The number of carbonyl (C=O) groups is 1. The average molecular weight is 432 g/mol.